The van der Waals surface area contributed by atoms with E-state index in [0.717, 1.165) is 24.2 Å². The van der Waals surface area contributed by atoms with E-state index in [2.05, 4.69) is 58.1 Å². The van der Waals surface area contributed by atoms with E-state index < -0.39 is 0 Å². The monoisotopic (exact) mass is 284 g/mol. The third kappa shape index (κ3) is 4.73. The largest absolute Gasteiger partial charge is 0.0625 e. The fourth-order valence-corrected chi connectivity index (χ4v) is 4.06. The second-order valence-corrected chi connectivity index (χ2v) is 7.25. The van der Waals surface area contributed by atoms with E-state index in [1.807, 2.05) is 0 Å². The van der Waals surface area contributed by atoms with Crippen LogP contribution in [-0.4, -0.2) is 0 Å². The minimum Gasteiger partial charge on any atom is -0.0625 e. The Hall–Kier alpha value is -1.04. The average Bonchev–Trinajstić information content (AvgIpc) is 2.40. The zero-order valence-electron chi connectivity index (χ0n) is 14.4. The van der Waals surface area contributed by atoms with E-state index in [0.29, 0.717) is 0 Å². The molecule has 3 atom stereocenters. The Bertz CT molecular complexity index is 458. The molecule has 0 N–H and O–H groups in total. The van der Waals surface area contributed by atoms with Crippen molar-refractivity contribution in [2.24, 2.45) is 17.8 Å². The van der Waals surface area contributed by atoms with Crippen molar-refractivity contribution in [3.05, 3.63) is 47.1 Å². The average molecular weight is 284 g/mol. The van der Waals surface area contributed by atoms with Gasteiger partial charge in [-0.2, -0.15) is 0 Å². The molecule has 0 bridgehead atoms. The summed E-state index contributed by atoms with van der Waals surface area (Å²) in [6.45, 7) is 9.41. The number of allylic oxidation sites excluding steroid dienone is 8. The van der Waals surface area contributed by atoms with Crippen molar-refractivity contribution in [2.45, 2.75) is 66.2 Å². The molecule has 0 amide bonds. The maximum atomic E-state index is 2.46. The number of rotatable bonds is 2. The summed E-state index contributed by atoms with van der Waals surface area (Å²) in [4.78, 5) is 0. The summed E-state index contributed by atoms with van der Waals surface area (Å²) in [5.74, 6) is 2.53. The van der Waals surface area contributed by atoms with Gasteiger partial charge in [0.15, 0.2) is 0 Å². The van der Waals surface area contributed by atoms with Crippen LogP contribution in [0, 0.1) is 17.8 Å². The Morgan fingerprint density at radius 2 is 1.76 bits per heavy atom. The lowest BCUT2D eigenvalue weighted by Gasteiger charge is -2.29. The molecule has 0 radical (unpaired) electrons. The van der Waals surface area contributed by atoms with Crippen LogP contribution in [-0.2, 0) is 0 Å². The lowest BCUT2D eigenvalue weighted by molar-refractivity contribution is 0.290. The zero-order chi connectivity index (χ0) is 15.2. The highest BCUT2D eigenvalue weighted by molar-refractivity contribution is 5.42. The van der Waals surface area contributed by atoms with Crippen LogP contribution in [0.15, 0.2) is 47.1 Å². The summed E-state index contributed by atoms with van der Waals surface area (Å²) in [6, 6.07) is 0. The molecule has 0 spiro atoms. The summed E-state index contributed by atoms with van der Waals surface area (Å²) in [7, 11) is 0. The highest BCUT2D eigenvalue weighted by Gasteiger charge is 2.22. The smallest absolute Gasteiger partial charge is 0.0157 e. The van der Waals surface area contributed by atoms with E-state index in [1.165, 1.54) is 37.7 Å². The first-order valence-electron chi connectivity index (χ1n) is 8.86. The maximum absolute atomic E-state index is 2.46. The van der Waals surface area contributed by atoms with E-state index in [4.69, 9.17) is 0 Å². The molecular formula is C21H32. The topological polar surface area (TPSA) is 0 Å². The van der Waals surface area contributed by atoms with Crippen LogP contribution in [0.1, 0.15) is 66.2 Å². The van der Waals surface area contributed by atoms with Crippen molar-refractivity contribution in [1.82, 2.24) is 0 Å². The predicted octanol–water partition coefficient (Wildman–Crippen LogP) is 6.62. The second kappa shape index (κ2) is 7.82. The van der Waals surface area contributed by atoms with Crippen LogP contribution in [0.5, 0.6) is 0 Å². The van der Waals surface area contributed by atoms with Gasteiger partial charge in [-0.15, -0.1) is 0 Å². The Balaban J connectivity index is 2.28. The first kappa shape index (κ1) is 16.3. The molecular weight excluding hydrogens is 252 g/mol. The standard InChI is InChI=1S/C21H32/c1-5-19-11-7-6-9-17(3)15-21(19)20-12-8-10-16(2)13-18(4)14-20/h6-7,9,11,15-16,18,20H,5,8,10,12-14H2,1-4H3. The van der Waals surface area contributed by atoms with Crippen molar-refractivity contribution >= 4 is 0 Å². The van der Waals surface area contributed by atoms with Gasteiger partial charge in [0.05, 0.1) is 0 Å². The molecule has 0 aromatic carbocycles. The molecule has 0 heteroatoms. The fraction of sp³-hybridized carbons (Fsp3) is 0.619. The van der Waals surface area contributed by atoms with E-state index in [9.17, 15) is 0 Å². The number of hydrogen-bond donors (Lipinski definition) is 0. The van der Waals surface area contributed by atoms with Crippen molar-refractivity contribution < 1.29 is 0 Å². The van der Waals surface area contributed by atoms with Gasteiger partial charge in [0, 0.05) is 0 Å². The van der Waals surface area contributed by atoms with Crippen LogP contribution in [0.25, 0.3) is 0 Å². The quantitative estimate of drug-likeness (QED) is 0.534. The minimum absolute atomic E-state index is 0.758. The Kier molecular flexibility index (Phi) is 6.08. The van der Waals surface area contributed by atoms with Crippen molar-refractivity contribution in [1.29, 1.82) is 0 Å². The lowest BCUT2D eigenvalue weighted by Crippen LogP contribution is -2.16. The summed E-state index contributed by atoms with van der Waals surface area (Å²) in [5, 5.41) is 0. The van der Waals surface area contributed by atoms with Gasteiger partial charge in [-0.05, 0) is 61.5 Å². The maximum Gasteiger partial charge on any atom is -0.0157 e. The van der Waals surface area contributed by atoms with Crippen molar-refractivity contribution in [2.75, 3.05) is 0 Å². The van der Waals surface area contributed by atoms with Crippen LogP contribution < -0.4 is 0 Å². The normalized spacial score (nSPS) is 31.2. The molecule has 3 unspecified atom stereocenters. The lowest BCUT2D eigenvalue weighted by atomic mass is 9.76. The molecule has 0 saturated heterocycles. The Labute approximate surface area is 131 Å². The van der Waals surface area contributed by atoms with Gasteiger partial charge in [0.2, 0.25) is 0 Å². The first-order chi connectivity index (χ1) is 10.1. The van der Waals surface area contributed by atoms with Crippen LogP contribution in [0.2, 0.25) is 0 Å². The molecule has 0 aliphatic heterocycles. The molecule has 0 aromatic rings. The summed E-state index contributed by atoms with van der Waals surface area (Å²) in [5.41, 5.74) is 4.56. The summed E-state index contributed by atoms with van der Waals surface area (Å²) >= 11 is 0. The molecule has 2 rings (SSSR count). The molecule has 2 aliphatic rings. The highest BCUT2D eigenvalue weighted by atomic mass is 14.3. The van der Waals surface area contributed by atoms with E-state index in [1.54, 1.807) is 11.1 Å². The van der Waals surface area contributed by atoms with Crippen LogP contribution in [0.3, 0.4) is 0 Å². The molecule has 116 valence electrons. The minimum atomic E-state index is 0.758. The van der Waals surface area contributed by atoms with Gasteiger partial charge in [-0.1, -0.05) is 69.6 Å². The molecule has 0 nitrogen and oxygen atoms in total. The summed E-state index contributed by atoms with van der Waals surface area (Å²) in [6.07, 6.45) is 19.5. The highest BCUT2D eigenvalue weighted by Crippen LogP contribution is 2.36. The summed E-state index contributed by atoms with van der Waals surface area (Å²) < 4.78 is 0. The van der Waals surface area contributed by atoms with E-state index >= 15 is 0 Å². The molecule has 2 aliphatic carbocycles. The van der Waals surface area contributed by atoms with Gasteiger partial charge >= 0.3 is 0 Å². The van der Waals surface area contributed by atoms with Gasteiger partial charge in [0.25, 0.3) is 0 Å². The predicted molar refractivity (Wildman–Crippen MR) is 94.3 cm³/mol. The third-order valence-corrected chi connectivity index (χ3v) is 5.08. The van der Waals surface area contributed by atoms with Gasteiger partial charge in [-0.25, -0.2) is 0 Å². The molecule has 21 heavy (non-hydrogen) atoms. The first-order valence-corrected chi connectivity index (χ1v) is 8.86. The Morgan fingerprint density at radius 1 is 1.00 bits per heavy atom. The van der Waals surface area contributed by atoms with Crippen LogP contribution in [0.4, 0.5) is 0 Å². The van der Waals surface area contributed by atoms with Crippen molar-refractivity contribution in [3.8, 4) is 0 Å². The zero-order valence-corrected chi connectivity index (χ0v) is 14.4. The molecule has 0 aromatic heterocycles. The molecule has 1 saturated carbocycles. The van der Waals surface area contributed by atoms with Crippen LogP contribution >= 0.6 is 0 Å². The van der Waals surface area contributed by atoms with Gasteiger partial charge in [0.1, 0.15) is 0 Å². The molecule has 1 fully saturated rings. The van der Waals surface area contributed by atoms with Crippen molar-refractivity contribution in [3.63, 3.8) is 0 Å². The number of hydrogen-bond acceptors (Lipinski definition) is 0. The van der Waals surface area contributed by atoms with Gasteiger partial charge < -0.3 is 0 Å². The fourth-order valence-electron chi connectivity index (χ4n) is 4.06. The van der Waals surface area contributed by atoms with Gasteiger partial charge in [-0.3, -0.25) is 0 Å². The Morgan fingerprint density at radius 3 is 2.52 bits per heavy atom. The van der Waals surface area contributed by atoms with E-state index in [-0.39, 0.29) is 0 Å². The SMILES string of the molecule is CCC1=C(C2CCCC(C)CC(C)C2)C=C(C)C=CC=C1. The molecule has 0 heterocycles. The third-order valence-electron chi connectivity index (χ3n) is 5.08. The second-order valence-electron chi connectivity index (χ2n) is 7.25.